The number of nitrogens with one attached hydrogen (secondary N) is 2. The molecule has 1 aromatic heterocycles. The Morgan fingerprint density at radius 1 is 1.17 bits per heavy atom. The molecule has 0 radical (unpaired) electrons. The fraction of sp³-hybridized carbons (Fsp3) is 0.583. The molecule has 2 rings (SSSR count). The van der Waals surface area contributed by atoms with E-state index in [4.69, 9.17) is 0 Å². The third-order valence-electron chi connectivity index (χ3n) is 3.33. The Morgan fingerprint density at radius 3 is 2.29 bits per heavy atom. The van der Waals surface area contributed by atoms with Crippen LogP contribution in [0.15, 0.2) is 28.3 Å². The Morgan fingerprint density at radius 2 is 1.79 bits per heavy atom. The number of sulfone groups is 1. The van der Waals surface area contributed by atoms with E-state index < -0.39 is 19.9 Å². The summed E-state index contributed by atoms with van der Waals surface area (Å²) in [6.07, 6.45) is 2.08. The molecule has 1 saturated heterocycles. The number of rotatable bonds is 6. The molecule has 0 unspecified atom stereocenters. The summed E-state index contributed by atoms with van der Waals surface area (Å²) in [7, 11) is -7.11. The molecule has 1 fully saturated rings. The van der Waals surface area contributed by atoms with Crippen molar-refractivity contribution in [3.8, 4) is 0 Å². The van der Waals surface area contributed by atoms with Gasteiger partial charge in [-0.25, -0.2) is 26.5 Å². The third kappa shape index (κ3) is 6.79. The van der Waals surface area contributed by atoms with Gasteiger partial charge in [0.15, 0.2) is 14.9 Å². The van der Waals surface area contributed by atoms with E-state index in [1.807, 2.05) is 0 Å². The molecule has 2 heterocycles. The lowest BCUT2D eigenvalue weighted by molar-refractivity contribution is 0.245. The molecule has 24 heavy (non-hydrogen) atoms. The molecule has 8 nitrogen and oxygen atoms in total. The van der Waals surface area contributed by atoms with E-state index in [0.29, 0.717) is 13.1 Å². The molecular formula is C12H22Cl2N4O4S2. The maximum Gasteiger partial charge on any atom is 0.242 e. The molecular weight excluding hydrogens is 399 g/mol. The molecule has 0 saturated carbocycles. The van der Waals surface area contributed by atoms with Crippen molar-refractivity contribution in [3.63, 3.8) is 0 Å². The minimum Gasteiger partial charge on any atom is -0.314 e. The van der Waals surface area contributed by atoms with Gasteiger partial charge in [0.25, 0.3) is 0 Å². The summed E-state index contributed by atoms with van der Waals surface area (Å²) in [5.74, 6) is 0. The quantitative estimate of drug-likeness (QED) is 0.638. The van der Waals surface area contributed by atoms with Gasteiger partial charge < -0.3 is 5.32 Å². The highest BCUT2D eigenvalue weighted by Gasteiger charge is 2.17. The van der Waals surface area contributed by atoms with Crippen molar-refractivity contribution in [2.75, 3.05) is 45.5 Å². The Kier molecular flexibility index (Phi) is 9.65. The molecule has 1 aromatic rings. The Balaban J connectivity index is 0.00000264. The topological polar surface area (TPSA) is 108 Å². The molecule has 0 bridgehead atoms. The Labute approximate surface area is 155 Å². The minimum atomic E-state index is -3.67. The van der Waals surface area contributed by atoms with Gasteiger partial charge in [-0.15, -0.1) is 24.8 Å². The van der Waals surface area contributed by atoms with Gasteiger partial charge in [0.2, 0.25) is 10.0 Å². The summed E-state index contributed by atoms with van der Waals surface area (Å²) in [5, 5.41) is 3.08. The first-order valence-corrected chi connectivity index (χ1v) is 10.3. The van der Waals surface area contributed by atoms with Crippen LogP contribution >= 0.6 is 24.8 Å². The SMILES string of the molecule is CS(=O)(=O)c1ccc(S(=O)(=O)NCCN2CCNCC2)cn1.Cl.Cl. The summed E-state index contributed by atoms with van der Waals surface area (Å²) >= 11 is 0. The third-order valence-corrected chi connectivity index (χ3v) is 5.78. The van der Waals surface area contributed by atoms with E-state index in [9.17, 15) is 16.8 Å². The van der Waals surface area contributed by atoms with Crippen LogP contribution in [0.5, 0.6) is 0 Å². The molecule has 1 aliphatic heterocycles. The molecule has 2 N–H and O–H groups in total. The monoisotopic (exact) mass is 420 g/mol. The standard InChI is InChI=1S/C12H20N4O4S2.2ClH/c1-21(17,18)12-3-2-11(10-14-12)22(19,20)15-6-9-16-7-4-13-5-8-16;;/h2-3,10,13,15H,4-9H2,1H3;2*1H. The molecule has 0 amide bonds. The molecule has 12 heteroatoms. The van der Waals surface area contributed by atoms with Crippen LogP contribution in [-0.4, -0.2) is 72.2 Å². The van der Waals surface area contributed by atoms with Crippen molar-refractivity contribution < 1.29 is 16.8 Å². The van der Waals surface area contributed by atoms with E-state index in [-0.39, 0.29) is 34.7 Å². The van der Waals surface area contributed by atoms with Crippen LogP contribution in [0, 0.1) is 0 Å². The van der Waals surface area contributed by atoms with Crippen molar-refractivity contribution >= 4 is 44.7 Å². The number of halogens is 2. The maximum absolute atomic E-state index is 12.1. The van der Waals surface area contributed by atoms with Crippen LogP contribution in [0.2, 0.25) is 0 Å². The van der Waals surface area contributed by atoms with Gasteiger partial charge in [-0.1, -0.05) is 0 Å². The van der Waals surface area contributed by atoms with Crippen molar-refractivity contribution in [2.45, 2.75) is 9.92 Å². The van der Waals surface area contributed by atoms with Crippen molar-refractivity contribution in [3.05, 3.63) is 18.3 Å². The van der Waals surface area contributed by atoms with Crippen molar-refractivity contribution in [1.82, 2.24) is 19.9 Å². The zero-order valence-electron chi connectivity index (χ0n) is 13.1. The second-order valence-corrected chi connectivity index (χ2v) is 8.82. The average molecular weight is 421 g/mol. The summed E-state index contributed by atoms with van der Waals surface area (Å²) in [4.78, 5) is 5.82. The highest BCUT2D eigenvalue weighted by Crippen LogP contribution is 2.10. The first-order chi connectivity index (χ1) is 10.3. The van der Waals surface area contributed by atoms with Gasteiger partial charge in [0.1, 0.15) is 4.90 Å². The van der Waals surface area contributed by atoms with Gasteiger partial charge in [0, 0.05) is 51.7 Å². The lowest BCUT2D eigenvalue weighted by atomic mass is 10.3. The van der Waals surface area contributed by atoms with Crippen LogP contribution in [0.3, 0.4) is 0 Å². The predicted molar refractivity (Wildman–Crippen MR) is 96.3 cm³/mol. The van der Waals surface area contributed by atoms with E-state index in [1.54, 1.807) is 0 Å². The molecule has 0 atom stereocenters. The largest absolute Gasteiger partial charge is 0.314 e. The molecule has 0 spiro atoms. The van der Waals surface area contributed by atoms with Gasteiger partial charge in [0.05, 0.1) is 0 Å². The van der Waals surface area contributed by atoms with E-state index in [0.717, 1.165) is 38.6 Å². The lowest BCUT2D eigenvalue weighted by Gasteiger charge is -2.27. The van der Waals surface area contributed by atoms with Gasteiger partial charge in [-0.05, 0) is 12.1 Å². The van der Waals surface area contributed by atoms with Crippen molar-refractivity contribution in [2.24, 2.45) is 0 Å². The Hall–Kier alpha value is -0.490. The number of sulfonamides is 1. The molecule has 140 valence electrons. The first kappa shape index (κ1) is 23.5. The zero-order chi connectivity index (χ0) is 16.2. The molecule has 1 aliphatic rings. The van der Waals surface area contributed by atoms with Crippen LogP contribution < -0.4 is 10.0 Å². The number of hydrogen-bond donors (Lipinski definition) is 2. The zero-order valence-corrected chi connectivity index (χ0v) is 16.4. The highest BCUT2D eigenvalue weighted by atomic mass is 35.5. The summed E-state index contributed by atoms with van der Waals surface area (Å²) in [6.45, 7) is 4.54. The van der Waals surface area contributed by atoms with Crippen LogP contribution in [-0.2, 0) is 19.9 Å². The van der Waals surface area contributed by atoms with Crippen LogP contribution in [0.4, 0.5) is 0 Å². The smallest absolute Gasteiger partial charge is 0.242 e. The van der Waals surface area contributed by atoms with E-state index in [2.05, 4.69) is 19.9 Å². The highest BCUT2D eigenvalue weighted by molar-refractivity contribution is 7.90. The number of hydrogen-bond acceptors (Lipinski definition) is 7. The summed E-state index contributed by atoms with van der Waals surface area (Å²) in [6, 6.07) is 2.44. The number of piperazine rings is 1. The Bertz CT molecular complexity index is 705. The minimum absolute atomic E-state index is 0. The van der Waals surface area contributed by atoms with E-state index in [1.165, 1.54) is 12.1 Å². The fourth-order valence-electron chi connectivity index (χ4n) is 2.10. The van der Waals surface area contributed by atoms with E-state index >= 15 is 0 Å². The van der Waals surface area contributed by atoms with Crippen molar-refractivity contribution in [1.29, 1.82) is 0 Å². The maximum atomic E-state index is 12.1. The molecule has 0 aromatic carbocycles. The summed E-state index contributed by atoms with van der Waals surface area (Å²) in [5.41, 5.74) is 0. The van der Waals surface area contributed by atoms with Gasteiger partial charge in [-0.3, -0.25) is 4.90 Å². The van der Waals surface area contributed by atoms with Gasteiger partial charge >= 0.3 is 0 Å². The second-order valence-electron chi connectivity index (χ2n) is 5.09. The predicted octanol–water partition coefficient (Wildman–Crippen LogP) is -0.488. The molecule has 0 aliphatic carbocycles. The second kappa shape index (κ2) is 9.85. The number of aromatic nitrogens is 1. The van der Waals surface area contributed by atoms with Crippen LogP contribution in [0.1, 0.15) is 0 Å². The summed E-state index contributed by atoms with van der Waals surface area (Å²) < 4.78 is 49.3. The normalized spacial score (nSPS) is 16.0. The first-order valence-electron chi connectivity index (χ1n) is 6.88. The lowest BCUT2D eigenvalue weighted by Crippen LogP contribution is -2.46. The average Bonchev–Trinajstić information content (AvgIpc) is 2.47. The number of nitrogens with zero attached hydrogens (tertiary/aromatic N) is 2. The fourth-order valence-corrected chi connectivity index (χ4v) is 3.63. The number of pyridine rings is 1. The van der Waals surface area contributed by atoms with Crippen LogP contribution in [0.25, 0.3) is 0 Å². The van der Waals surface area contributed by atoms with Gasteiger partial charge in [-0.2, -0.15) is 0 Å².